The molecule has 0 aromatic carbocycles. The maximum Gasteiger partial charge on any atom is 0.163 e. The van der Waals surface area contributed by atoms with Crippen LogP contribution in [0.15, 0.2) is 9.85 Å². The summed E-state index contributed by atoms with van der Waals surface area (Å²) < 4.78 is 13.0. The molecule has 1 aromatic heterocycles. The second kappa shape index (κ2) is 2.58. The zero-order chi connectivity index (χ0) is 6.85. The van der Waals surface area contributed by atoms with Crippen LogP contribution in [0, 0.1) is 5.82 Å². The van der Waals surface area contributed by atoms with Gasteiger partial charge in [-0.2, -0.15) is 0 Å². The van der Waals surface area contributed by atoms with Gasteiger partial charge in [-0.15, -0.1) is 11.3 Å². The second-order valence-corrected chi connectivity index (χ2v) is 3.84. The van der Waals surface area contributed by atoms with E-state index in [4.69, 9.17) is 0 Å². The summed E-state index contributed by atoms with van der Waals surface area (Å²) in [7, 11) is 0. The third-order valence-corrected chi connectivity index (χ3v) is 2.33. The van der Waals surface area contributed by atoms with Crippen molar-refractivity contribution in [3.05, 3.63) is 20.5 Å². The zero-order valence-corrected chi connectivity index (χ0v) is 6.63. The minimum Gasteiger partial charge on any atom is -0.297 e. The molecule has 0 aliphatic carbocycles. The molecule has 0 saturated carbocycles. The molecule has 1 aromatic rings. The van der Waals surface area contributed by atoms with E-state index < -0.39 is 5.82 Å². The quantitative estimate of drug-likeness (QED) is 0.649. The van der Waals surface area contributed by atoms with Crippen molar-refractivity contribution in [1.29, 1.82) is 0 Å². The SMILES string of the molecule is O=Cc1sc(Br)cc1F. The Morgan fingerprint density at radius 3 is 2.67 bits per heavy atom. The molecule has 0 bridgehead atoms. The van der Waals surface area contributed by atoms with Crippen molar-refractivity contribution in [3.63, 3.8) is 0 Å². The molecular formula is C5H2BrFOS. The molecule has 0 N–H and O–H groups in total. The number of hydrogen-bond acceptors (Lipinski definition) is 2. The van der Waals surface area contributed by atoms with Gasteiger partial charge < -0.3 is 0 Å². The van der Waals surface area contributed by atoms with Crippen molar-refractivity contribution in [3.8, 4) is 0 Å². The Balaban J connectivity index is 3.15. The maximum atomic E-state index is 12.4. The van der Waals surface area contributed by atoms with E-state index in [2.05, 4.69) is 15.9 Å². The van der Waals surface area contributed by atoms with E-state index in [0.29, 0.717) is 10.1 Å². The number of halogens is 2. The summed E-state index contributed by atoms with van der Waals surface area (Å²) in [5.41, 5.74) is 0. The molecular weight excluding hydrogens is 207 g/mol. The first kappa shape index (κ1) is 6.89. The summed E-state index contributed by atoms with van der Waals surface area (Å²) in [6, 6.07) is 1.27. The van der Waals surface area contributed by atoms with E-state index in [1.165, 1.54) is 6.07 Å². The predicted molar refractivity (Wildman–Crippen MR) is 37.4 cm³/mol. The molecule has 1 heterocycles. The van der Waals surface area contributed by atoms with Gasteiger partial charge in [-0.05, 0) is 22.0 Å². The molecule has 0 amide bonds. The van der Waals surface area contributed by atoms with Gasteiger partial charge in [0.2, 0.25) is 0 Å². The minimum absolute atomic E-state index is 0.141. The van der Waals surface area contributed by atoms with Gasteiger partial charge in [0.25, 0.3) is 0 Å². The first-order valence-electron chi connectivity index (χ1n) is 2.14. The van der Waals surface area contributed by atoms with Crippen LogP contribution in [0.1, 0.15) is 9.67 Å². The summed E-state index contributed by atoms with van der Waals surface area (Å²) >= 11 is 4.13. The van der Waals surface area contributed by atoms with E-state index in [9.17, 15) is 9.18 Å². The van der Waals surface area contributed by atoms with Gasteiger partial charge in [-0.3, -0.25) is 4.79 Å². The lowest BCUT2D eigenvalue weighted by Crippen LogP contribution is -1.73. The monoisotopic (exact) mass is 208 g/mol. The highest BCUT2D eigenvalue weighted by molar-refractivity contribution is 9.11. The molecule has 9 heavy (non-hydrogen) atoms. The van der Waals surface area contributed by atoms with Crippen molar-refractivity contribution in [2.45, 2.75) is 0 Å². The van der Waals surface area contributed by atoms with Crippen molar-refractivity contribution >= 4 is 33.6 Å². The van der Waals surface area contributed by atoms with E-state index in [1.54, 1.807) is 0 Å². The smallest absolute Gasteiger partial charge is 0.163 e. The van der Waals surface area contributed by atoms with Gasteiger partial charge in [0, 0.05) is 0 Å². The summed E-state index contributed by atoms with van der Waals surface area (Å²) in [6.45, 7) is 0. The first-order valence-corrected chi connectivity index (χ1v) is 3.75. The van der Waals surface area contributed by atoms with Crippen LogP contribution < -0.4 is 0 Å². The number of hydrogen-bond donors (Lipinski definition) is 0. The molecule has 0 spiro atoms. The van der Waals surface area contributed by atoms with Crippen molar-refractivity contribution in [2.75, 3.05) is 0 Å². The van der Waals surface area contributed by atoms with Crippen LogP contribution in [0.2, 0.25) is 0 Å². The standard InChI is InChI=1S/C5H2BrFOS/c6-5-1-3(7)4(2-8)9-5/h1-2H. The fourth-order valence-electron chi connectivity index (χ4n) is 0.434. The van der Waals surface area contributed by atoms with Crippen molar-refractivity contribution in [2.24, 2.45) is 0 Å². The molecule has 1 rings (SSSR count). The Kier molecular flexibility index (Phi) is 1.97. The molecule has 0 fully saturated rings. The summed E-state index contributed by atoms with van der Waals surface area (Å²) in [5, 5.41) is 0. The minimum atomic E-state index is -0.457. The highest BCUT2D eigenvalue weighted by Crippen LogP contribution is 2.23. The Labute approximate surface area is 63.6 Å². The summed E-state index contributed by atoms with van der Waals surface area (Å²) in [6.07, 6.45) is 0.505. The van der Waals surface area contributed by atoms with Crippen molar-refractivity contribution in [1.82, 2.24) is 0 Å². The van der Waals surface area contributed by atoms with Gasteiger partial charge >= 0.3 is 0 Å². The van der Waals surface area contributed by atoms with Gasteiger partial charge in [0.1, 0.15) is 10.7 Å². The third kappa shape index (κ3) is 1.37. The molecule has 0 saturated heterocycles. The van der Waals surface area contributed by atoms with Crippen LogP contribution in [0.4, 0.5) is 4.39 Å². The van der Waals surface area contributed by atoms with Crippen LogP contribution in [-0.2, 0) is 0 Å². The fourth-order valence-corrected chi connectivity index (χ4v) is 1.74. The van der Waals surface area contributed by atoms with E-state index in [1.807, 2.05) is 0 Å². The fraction of sp³-hybridized carbons (Fsp3) is 0. The molecule has 0 unspecified atom stereocenters. The molecule has 1 nitrogen and oxygen atoms in total. The van der Waals surface area contributed by atoms with Gasteiger partial charge in [-0.1, -0.05) is 0 Å². The second-order valence-electron chi connectivity index (χ2n) is 1.38. The Morgan fingerprint density at radius 1 is 1.78 bits per heavy atom. The molecule has 48 valence electrons. The number of carbonyl (C=O) groups is 1. The molecule has 0 atom stereocenters. The number of thiophene rings is 1. The number of aldehydes is 1. The average Bonchev–Trinajstić information content (AvgIpc) is 2.10. The van der Waals surface area contributed by atoms with Crippen LogP contribution in [0.3, 0.4) is 0 Å². The highest BCUT2D eigenvalue weighted by Gasteiger charge is 2.03. The van der Waals surface area contributed by atoms with E-state index in [-0.39, 0.29) is 4.88 Å². The van der Waals surface area contributed by atoms with Crippen molar-refractivity contribution < 1.29 is 9.18 Å². The number of rotatable bonds is 1. The summed E-state index contributed by atoms with van der Waals surface area (Å²) in [4.78, 5) is 10.1. The van der Waals surface area contributed by atoms with Crippen LogP contribution in [0.25, 0.3) is 0 Å². The summed E-state index contributed by atoms with van der Waals surface area (Å²) in [5.74, 6) is -0.457. The van der Waals surface area contributed by atoms with Gasteiger partial charge in [0.15, 0.2) is 6.29 Å². The van der Waals surface area contributed by atoms with Crippen LogP contribution in [0.5, 0.6) is 0 Å². The largest absolute Gasteiger partial charge is 0.297 e. The zero-order valence-electron chi connectivity index (χ0n) is 4.23. The predicted octanol–water partition coefficient (Wildman–Crippen LogP) is 2.46. The normalized spacial score (nSPS) is 9.56. The van der Waals surface area contributed by atoms with E-state index in [0.717, 1.165) is 11.3 Å². The molecule has 0 aliphatic rings. The Hall–Kier alpha value is -0.220. The Morgan fingerprint density at radius 2 is 2.44 bits per heavy atom. The van der Waals surface area contributed by atoms with E-state index >= 15 is 0 Å². The van der Waals surface area contributed by atoms with Gasteiger partial charge in [0.05, 0.1) is 3.79 Å². The lowest BCUT2D eigenvalue weighted by atomic mass is 10.5. The number of carbonyl (C=O) groups excluding carboxylic acids is 1. The topological polar surface area (TPSA) is 17.1 Å². The third-order valence-electron chi connectivity index (χ3n) is 0.790. The molecule has 4 heteroatoms. The van der Waals surface area contributed by atoms with Crippen LogP contribution in [-0.4, -0.2) is 6.29 Å². The van der Waals surface area contributed by atoms with Crippen LogP contribution >= 0.6 is 27.3 Å². The first-order chi connectivity index (χ1) is 4.24. The lowest BCUT2D eigenvalue weighted by Gasteiger charge is -1.74. The highest BCUT2D eigenvalue weighted by atomic mass is 79.9. The van der Waals surface area contributed by atoms with Gasteiger partial charge in [-0.25, -0.2) is 4.39 Å². The maximum absolute atomic E-state index is 12.4. The molecule has 0 aliphatic heterocycles. The average molecular weight is 209 g/mol. The Bertz CT molecular complexity index is 233. The lowest BCUT2D eigenvalue weighted by molar-refractivity contribution is 0.112. The molecule has 0 radical (unpaired) electrons.